The summed E-state index contributed by atoms with van der Waals surface area (Å²) in [5, 5.41) is 0. The van der Waals surface area contributed by atoms with Gasteiger partial charge in [-0.3, -0.25) is 0 Å². The van der Waals surface area contributed by atoms with Crippen molar-refractivity contribution in [1.82, 2.24) is 4.72 Å². The Morgan fingerprint density at radius 3 is 2.50 bits per heavy atom. The molecule has 0 unspecified atom stereocenters. The van der Waals surface area contributed by atoms with E-state index in [-0.39, 0.29) is 17.7 Å². The highest BCUT2D eigenvalue weighted by Gasteiger charge is 2.61. The predicted octanol–water partition coefficient (Wildman–Crippen LogP) is 1.59. The summed E-state index contributed by atoms with van der Waals surface area (Å²) in [6.07, 6.45) is 1.84. The molecular formula is C13H17NO3S. The molecule has 98 valence electrons. The van der Waals surface area contributed by atoms with E-state index < -0.39 is 10.0 Å². The molecule has 1 aromatic carbocycles. The van der Waals surface area contributed by atoms with Gasteiger partial charge in [0.25, 0.3) is 0 Å². The molecule has 0 amide bonds. The third-order valence-corrected chi connectivity index (χ3v) is 5.40. The molecule has 2 fully saturated rings. The molecule has 4 nitrogen and oxygen atoms in total. The van der Waals surface area contributed by atoms with E-state index in [1.807, 2.05) is 13.8 Å². The first-order chi connectivity index (χ1) is 8.41. The molecule has 0 aromatic heterocycles. The minimum atomic E-state index is -3.42. The largest absolute Gasteiger partial charge is 0.365 e. The molecule has 1 aromatic rings. The van der Waals surface area contributed by atoms with Crippen molar-refractivity contribution in [3.05, 3.63) is 29.8 Å². The van der Waals surface area contributed by atoms with Crippen LogP contribution in [0.1, 0.15) is 25.3 Å². The number of epoxide rings is 1. The summed E-state index contributed by atoms with van der Waals surface area (Å²) in [7, 11) is -3.42. The summed E-state index contributed by atoms with van der Waals surface area (Å²) in [6.45, 7) is 3.97. The zero-order valence-corrected chi connectivity index (χ0v) is 11.3. The highest BCUT2D eigenvalue weighted by atomic mass is 32.2. The summed E-state index contributed by atoms with van der Waals surface area (Å²) in [6, 6.07) is 6.81. The minimum absolute atomic E-state index is 0.0534. The van der Waals surface area contributed by atoms with Crippen LogP contribution >= 0.6 is 0 Å². The van der Waals surface area contributed by atoms with Crippen LogP contribution in [0.3, 0.4) is 0 Å². The summed E-state index contributed by atoms with van der Waals surface area (Å²) < 4.78 is 32.7. The average molecular weight is 267 g/mol. The summed E-state index contributed by atoms with van der Waals surface area (Å²) in [5.74, 6) is 0. The van der Waals surface area contributed by atoms with Crippen LogP contribution in [0, 0.1) is 6.92 Å². The fourth-order valence-corrected chi connectivity index (χ4v) is 3.93. The summed E-state index contributed by atoms with van der Waals surface area (Å²) >= 11 is 0. The molecule has 3 rings (SSSR count). The van der Waals surface area contributed by atoms with Crippen LogP contribution in [-0.4, -0.2) is 26.2 Å². The van der Waals surface area contributed by atoms with Gasteiger partial charge >= 0.3 is 0 Å². The molecule has 1 saturated heterocycles. The molecule has 1 N–H and O–H groups in total. The fraction of sp³-hybridized carbons (Fsp3) is 0.538. The van der Waals surface area contributed by atoms with Gasteiger partial charge in [-0.15, -0.1) is 0 Å². The maximum atomic E-state index is 12.2. The fourth-order valence-electron chi connectivity index (χ4n) is 2.66. The van der Waals surface area contributed by atoms with E-state index in [0.29, 0.717) is 4.90 Å². The number of hydrogen-bond donors (Lipinski definition) is 1. The van der Waals surface area contributed by atoms with Crippen molar-refractivity contribution < 1.29 is 13.2 Å². The Morgan fingerprint density at radius 1 is 1.33 bits per heavy atom. The first kappa shape index (κ1) is 12.1. The Morgan fingerprint density at radius 2 is 2.00 bits per heavy atom. The van der Waals surface area contributed by atoms with Crippen LogP contribution in [0.2, 0.25) is 0 Å². The number of fused-ring (bicyclic) bond motifs is 1. The van der Waals surface area contributed by atoms with E-state index >= 15 is 0 Å². The molecule has 0 bridgehead atoms. The van der Waals surface area contributed by atoms with Gasteiger partial charge in [0.1, 0.15) is 6.10 Å². The topological polar surface area (TPSA) is 58.7 Å². The van der Waals surface area contributed by atoms with Gasteiger partial charge in [-0.25, -0.2) is 13.1 Å². The molecule has 18 heavy (non-hydrogen) atoms. The Balaban J connectivity index is 1.77. The number of benzene rings is 1. The van der Waals surface area contributed by atoms with Crippen molar-refractivity contribution in [2.45, 2.75) is 49.3 Å². The van der Waals surface area contributed by atoms with E-state index in [9.17, 15) is 8.42 Å². The van der Waals surface area contributed by atoms with E-state index in [1.54, 1.807) is 24.3 Å². The molecule has 0 spiro atoms. The number of sulfonamides is 1. The van der Waals surface area contributed by atoms with Crippen LogP contribution in [0.25, 0.3) is 0 Å². The summed E-state index contributed by atoms with van der Waals surface area (Å²) in [5.41, 5.74) is 0.966. The van der Waals surface area contributed by atoms with Crippen LogP contribution < -0.4 is 4.72 Å². The van der Waals surface area contributed by atoms with Crippen LogP contribution in [0.15, 0.2) is 29.2 Å². The van der Waals surface area contributed by atoms with E-state index in [4.69, 9.17) is 4.74 Å². The lowest BCUT2D eigenvalue weighted by Gasteiger charge is -2.13. The predicted molar refractivity (Wildman–Crippen MR) is 67.8 cm³/mol. The number of rotatable bonds is 3. The van der Waals surface area contributed by atoms with Gasteiger partial charge in [-0.2, -0.15) is 0 Å². The lowest BCUT2D eigenvalue weighted by atomic mass is 10.1. The highest BCUT2D eigenvalue weighted by molar-refractivity contribution is 7.89. The molecule has 1 saturated carbocycles. The first-order valence-corrected chi connectivity index (χ1v) is 7.66. The molecular weight excluding hydrogens is 250 g/mol. The van der Waals surface area contributed by atoms with Crippen LogP contribution in [0.4, 0.5) is 0 Å². The summed E-state index contributed by atoms with van der Waals surface area (Å²) in [4.78, 5) is 0.322. The average Bonchev–Trinajstić information content (AvgIpc) is 2.89. The lowest BCUT2D eigenvalue weighted by molar-refractivity contribution is 0.247. The van der Waals surface area contributed by atoms with Gasteiger partial charge in [-0.1, -0.05) is 17.7 Å². The Kier molecular flexibility index (Phi) is 2.56. The maximum Gasteiger partial charge on any atom is 0.240 e. The van der Waals surface area contributed by atoms with E-state index in [1.165, 1.54) is 0 Å². The smallest absolute Gasteiger partial charge is 0.240 e. The molecule has 1 aliphatic heterocycles. The maximum absolute atomic E-state index is 12.2. The van der Waals surface area contributed by atoms with Gasteiger partial charge in [0, 0.05) is 0 Å². The monoisotopic (exact) mass is 267 g/mol. The van der Waals surface area contributed by atoms with Gasteiger partial charge in [0.2, 0.25) is 10.0 Å². The third kappa shape index (κ3) is 1.96. The molecule has 2 aliphatic rings. The Labute approximate surface area is 107 Å². The van der Waals surface area contributed by atoms with Crippen molar-refractivity contribution in [2.75, 3.05) is 0 Å². The number of ether oxygens (including phenoxy) is 1. The van der Waals surface area contributed by atoms with Gasteiger partial charge in [-0.05, 0) is 38.8 Å². The number of hydrogen-bond acceptors (Lipinski definition) is 3. The molecule has 1 heterocycles. The Bertz CT molecular complexity index is 566. The van der Waals surface area contributed by atoms with E-state index in [0.717, 1.165) is 18.4 Å². The molecule has 5 heteroatoms. The van der Waals surface area contributed by atoms with Crippen molar-refractivity contribution >= 4 is 10.0 Å². The van der Waals surface area contributed by atoms with Crippen molar-refractivity contribution in [3.8, 4) is 0 Å². The second-order valence-electron chi connectivity index (χ2n) is 5.43. The standard InChI is InChI=1S/C13H17NO3S/c1-9-3-5-10(6-4-9)18(15,16)14-11-7-8-13(2)12(11)17-13/h3-6,11-12,14H,7-8H2,1-2H3/t11-,12-,13+/m1/s1. The van der Waals surface area contributed by atoms with Crippen LogP contribution in [-0.2, 0) is 14.8 Å². The van der Waals surface area contributed by atoms with Gasteiger partial charge in [0.05, 0.1) is 16.5 Å². The Hall–Kier alpha value is -0.910. The van der Waals surface area contributed by atoms with Gasteiger partial charge in [0.15, 0.2) is 0 Å². The van der Waals surface area contributed by atoms with Crippen molar-refractivity contribution in [3.63, 3.8) is 0 Å². The van der Waals surface area contributed by atoms with Crippen LogP contribution in [0.5, 0.6) is 0 Å². The molecule has 3 atom stereocenters. The lowest BCUT2D eigenvalue weighted by Crippen LogP contribution is -2.37. The SMILES string of the molecule is Cc1ccc(S(=O)(=O)N[C@@H]2CC[C@]3(C)O[C@H]23)cc1. The van der Waals surface area contributed by atoms with Crippen molar-refractivity contribution in [2.24, 2.45) is 0 Å². The van der Waals surface area contributed by atoms with Gasteiger partial charge < -0.3 is 4.74 Å². The first-order valence-electron chi connectivity index (χ1n) is 6.18. The number of nitrogens with one attached hydrogen (secondary N) is 1. The molecule has 0 radical (unpaired) electrons. The van der Waals surface area contributed by atoms with E-state index in [2.05, 4.69) is 4.72 Å². The normalized spacial score (nSPS) is 34.3. The molecule has 1 aliphatic carbocycles. The second kappa shape index (κ2) is 3.79. The zero-order chi connectivity index (χ0) is 13.0. The third-order valence-electron chi connectivity index (χ3n) is 3.90. The van der Waals surface area contributed by atoms with Crippen molar-refractivity contribution in [1.29, 1.82) is 0 Å². The minimum Gasteiger partial charge on any atom is -0.365 e. The number of aryl methyl sites for hydroxylation is 1. The second-order valence-corrected chi connectivity index (χ2v) is 7.14. The quantitative estimate of drug-likeness (QED) is 0.846. The zero-order valence-electron chi connectivity index (χ0n) is 10.5. The highest BCUT2D eigenvalue weighted by Crippen LogP contribution is 2.49.